The fourth-order valence-electron chi connectivity index (χ4n) is 3.70. The molecule has 0 atom stereocenters. The first-order valence-electron chi connectivity index (χ1n) is 9.89. The Balaban J connectivity index is 1.89. The van der Waals surface area contributed by atoms with E-state index in [0.717, 1.165) is 45.7 Å². The van der Waals surface area contributed by atoms with Gasteiger partial charge in [0.05, 0.1) is 11.7 Å². The molecule has 0 bridgehead atoms. The summed E-state index contributed by atoms with van der Waals surface area (Å²) in [5, 5.41) is 17.1. The van der Waals surface area contributed by atoms with Crippen molar-refractivity contribution in [2.24, 2.45) is 0 Å². The lowest BCUT2D eigenvalue weighted by atomic mass is 9.87. The molecule has 0 spiro atoms. The minimum atomic E-state index is -0.954. The third-order valence-corrected chi connectivity index (χ3v) is 5.13. The Morgan fingerprint density at radius 3 is 2.40 bits per heavy atom. The average Bonchev–Trinajstić information content (AvgIpc) is 3.25. The zero-order chi connectivity index (χ0) is 20.9. The summed E-state index contributed by atoms with van der Waals surface area (Å²) in [5.41, 5.74) is 7.65. The van der Waals surface area contributed by atoms with Gasteiger partial charge in [-0.2, -0.15) is 5.10 Å². The Hall–Kier alpha value is -3.92. The maximum absolute atomic E-state index is 10.8. The number of allylic oxidation sites excluding steroid dienone is 1. The average molecular weight is 394 g/mol. The van der Waals surface area contributed by atoms with Crippen molar-refractivity contribution in [3.8, 4) is 0 Å². The fourth-order valence-corrected chi connectivity index (χ4v) is 3.70. The van der Waals surface area contributed by atoms with Gasteiger partial charge in [-0.25, -0.2) is 4.79 Å². The van der Waals surface area contributed by atoms with E-state index in [1.165, 1.54) is 11.1 Å². The second kappa shape index (κ2) is 8.62. The van der Waals surface area contributed by atoms with Gasteiger partial charge in [-0.05, 0) is 52.0 Å². The Morgan fingerprint density at radius 2 is 1.70 bits per heavy atom. The minimum Gasteiger partial charge on any atom is -0.478 e. The number of nitrogens with one attached hydrogen (secondary N) is 1. The van der Waals surface area contributed by atoms with E-state index >= 15 is 0 Å². The highest BCUT2D eigenvalue weighted by atomic mass is 16.4. The van der Waals surface area contributed by atoms with E-state index in [9.17, 15) is 4.79 Å². The van der Waals surface area contributed by atoms with Crippen molar-refractivity contribution in [3.63, 3.8) is 0 Å². The molecular weight excluding hydrogens is 372 g/mol. The summed E-state index contributed by atoms with van der Waals surface area (Å²) in [7, 11) is 0. The number of aromatic nitrogens is 2. The van der Waals surface area contributed by atoms with Gasteiger partial charge in [0.25, 0.3) is 0 Å². The summed E-state index contributed by atoms with van der Waals surface area (Å²) < 4.78 is 0. The van der Waals surface area contributed by atoms with E-state index in [1.54, 1.807) is 6.08 Å². The van der Waals surface area contributed by atoms with Gasteiger partial charge in [-0.3, -0.25) is 5.10 Å². The van der Waals surface area contributed by atoms with Crippen LogP contribution >= 0.6 is 0 Å². The molecule has 148 valence electrons. The topological polar surface area (TPSA) is 66.0 Å². The van der Waals surface area contributed by atoms with Crippen molar-refractivity contribution in [3.05, 3.63) is 107 Å². The van der Waals surface area contributed by atoms with Gasteiger partial charge in [0.15, 0.2) is 0 Å². The number of hydrogen-bond acceptors (Lipinski definition) is 2. The number of aromatic amines is 1. The third-order valence-electron chi connectivity index (χ3n) is 5.13. The number of fused-ring (bicyclic) bond motifs is 1. The van der Waals surface area contributed by atoms with Crippen molar-refractivity contribution in [2.75, 3.05) is 0 Å². The molecule has 0 radical (unpaired) electrons. The molecule has 0 aliphatic rings. The van der Waals surface area contributed by atoms with Gasteiger partial charge in [-0.15, -0.1) is 0 Å². The molecule has 4 aromatic rings. The molecule has 0 aliphatic carbocycles. The number of carboxylic acids is 1. The molecule has 0 unspecified atom stereocenters. The van der Waals surface area contributed by atoms with E-state index < -0.39 is 5.97 Å². The molecule has 3 aromatic carbocycles. The smallest absolute Gasteiger partial charge is 0.328 e. The van der Waals surface area contributed by atoms with Gasteiger partial charge in [-0.1, -0.05) is 73.7 Å². The number of nitrogens with zero attached hydrogens (tertiary/aromatic N) is 1. The van der Waals surface area contributed by atoms with E-state index in [-0.39, 0.29) is 0 Å². The molecule has 4 rings (SSSR count). The second-order valence-electron chi connectivity index (χ2n) is 7.04. The van der Waals surface area contributed by atoms with Crippen molar-refractivity contribution in [2.45, 2.75) is 13.3 Å². The van der Waals surface area contributed by atoms with Crippen LogP contribution in [0.25, 0.3) is 28.1 Å². The number of H-pyrrole nitrogens is 1. The predicted octanol–water partition coefficient (Wildman–Crippen LogP) is 6.03. The maximum atomic E-state index is 10.8. The molecule has 2 N–H and O–H groups in total. The molecule has 1 heterocycles. The summed E-state index contributed by atoms with van der Waals surface area (Å²) >= 11 is 0. The highest BCUT2D eigenvalue weighted by Gasteiger charge is 2.14. The molecule has 4 heteroatoms. The van der Waals surface area contributed by atoms with E-state index in [0.29, 0.717) is 0 Å². The van der Waals surface area contributed by atoms with Crippen molar-refractivity contribution in [1.82, 2.24) is 10.2 Å². The molecule has 0 aliphatic heterocycles. The summed E-state index contributed by atoms with van der Waals surface area (Å²) in [5.74, 6) is -0.954. The van der Waals surface area contributed by atoms with Crippen LogP contribution in [0.15, 0.2) is 85.1 Å². The van der Waals surface area contributed by atoms with Crippen LogP contribution in [-0.4, -0.2) is 21.3 Å². The van der Waals surface area contributed by atoms with Crippen molar-refractivity contribution in [1.29, 1.82) is 0 Å². The second-order valence-corrected chi connectivity index (χ2v) is 7.04. The number of aliphatic carboxylic acids is 1. The lowest BCUT2D eigenvalue weighted by molar-refractivity contribution is -0.131. The predicted molar refractivity (Wildman–Crippen MR) is 122 cm³/mol. The highest BCUT2D eigenvalue weighted by molar-refractivity contribution is 6.00. The molecular formula is C26H22N2O2. The largest absolute Gasteiger partial charge is 0.478 e. The number of carboxylic acid groups (broad SMARTS) is 1. The van der Waals surface area contributed by atoms with E-state index in [1.807, 2.05) is 36.5 Å². The zero-order valence-electron chi connectivity index (χ0n) is 16.7. The fraction of sp³-hybridized carbons (Fsp3) is 0.0769. The third kappa shape index (κ3) is 4.08. The molecule has 0 amide bonds. The SMILES string of the molecule is CC/C(=C(/c1ccc(C=CC(=O)O)cc1)c1ccc2cn[nH]c2c1)c1ccccc1. The summed E-state index contributed by atoms with van der Waals surface area (Å²) in [4.78, 5) is 10.8. The Bertz CT molecular complexity index is 1230. The maximum Gasteiger partial charge on any atom is 0.328 e. The summed E-state index contributed by atoms with van der Waals surface area (Å²) in [6, 6.07) is 24.7. The molecule has 30 heavy (non-hydrogen) atoms. The zero-order valence-corrected chi connectivity index (χ0v) is 16.7. The monoisotopic (exact) mass is 394 g/mol. The van der Waals surface area contributed by atoms with Gasteiger partial charge in [0, 0.05) is 11.5 Å². The van der Waals surface area contributed by atoms with Crippen LogP contribution in [0.4, 0.5) is 0 Å². The van der Waals surface area contributed by atoms with Crippen molar-refractivity contribution >= 4 is 34.1 Å². The quantitative estimate of drug-likeness (QED) is 0.310. The van der Waals surface area contributed by atoms with Gasteiger partial charge in [0.1, 0.15) is 0 Å². The normalized spacial score (nSPS) is 12.3. The van der Waals surface area contributed by atoms with Crippen LogP contribution in [0.1, 0.15) is 35.6 Å². The Morgan fingerprint density at radius 1 is 0.967 bits per heavy atom. The van der Waals surface area contributed by atoms with Crippen LogP contribution in [0.5, 0.6) is 0 Å². The first-order chi connectivity index (χ1) is 14.7. The first-order valence-corrected chi connectivity index (χ1v) is 9.89. The molecule has 0 fully saturated rings. The molecule has 0 saturated heterocycles. The number of hydrogen-bond donors (Lipinski definition) is 2. The van der Waals surface area contributed by atoms with E-state index in [4.69, 9.17) is 5.11 Å². The highest BCUT2D eigenvalue weighted by Crippen LogP contribution is 2.35. The lowest BCUT2D eigenvalue weighted by Crippen LogP contribution is -1.95. The number of benzene rings is 3. The lowest BCUT2D eigenvalue weighted by Gasteiger charge is -2.16. The van der Waals surface area contributed by atoms with Crippen LogP contribution < -0.4 is 0 Å². The summed E-state index contributed by atoms with van der Waals surface area (Å²) in [6.07, 6.45) is 5.45. The van der Waals surface area contributed by atoms with Crippen LogP contribution in [0.3, 0.4) is 0 Å². The molecule has 0 saturated carbocycles. The first kappa shape index (κ1) is 19.4. The van der Waals surface area contributed by atoms with Crippen LogP contribution in [0, 0.1) is 0 Å². The van der Waals surface area contributed by atoms with E-state index in [2.05, 4.69) is 59.6 Å². The Kier molecular flexibility index (Phi) is 5.57. The van der Waals surface area contributed by atoms with Gasteiger partial charge in [0.2, 0.25) is 0 Å². The Labute approximate surface area is 175 Å². The van der Waals surface area contributed by atoms with Crippen molar-refractivity contribution < 1.29 is 9.90 Å². The number of carbonyl (C=O) groups is 1. The van der Waals surface area contributed by atoms with Gasteiger partial charge >= 0.3 is 5.97 Å². The van der Waals surface area contributed by atoms with Crippen LogP contribution in [0.2, 0.25) is 0 Å². The van der Waals surface area contributed by atoms with Gasteiger partial charge < -0.3 is 5.11 Å². The number of rotatable bonds is 6. The summed E-state index contributed by atoms with van der Waals surface area (Å²) in [6.45, 7) is 2.17. The minimum absolute atomic E-state index is 0.849. The standard InChI is InChI=1S/C26H22N2O2/c1-2-23(19-6-4-3-5-7-19)26(21-13-14-22-17-27-28-24(22)16-21)20-11-8-18(9-12-20)10-15-25(29)30/h3-17H,2H2,1H3,(H,27,28)(H,29,30)/b15-10?,26-23+. The molecule has 4 nitrogen and oxygen atoms in total. The molecule has 1 aromatic heterocycles. The van der Waals surface area contributed by atoms with Crippen LogP contribution in [-0.2, 0) is 4.79 Å².